The second kappa shape index (κ2) is 15.9. The molecule has 0 spiro atoms. The molecule has 0 aliphatic rings. The van der Waals surface area contributed by atoms with Crippen LogP contribution in [0, 0.1) is 40.5 Å². The quantitative estimate of drug-likeness (QED) is 0.0896. The summed E-state index contributed by atoms with van der Waals surface area (Å²) in [4.78, 5) is 40.7. The van der Waals surface area contributed by atoms with E-state index >= 15 is 0 Å². The number of benzene rings is 4. The predicted molar refractivity (Wildman–Crippen MR) is 179 cm³/mol. The van der Waals surface area contributed by atoms with Crippen molar-refractivity contribution in [1.82, 2.24) is 0 Å². The molecule has 4 rings (SSSR count). The molecule has 18 heteroatoms. The Kier molecular flexibility index (Phi) is 12.1. The fourth-order valence-electron chi connectivity index (χ4n) is 3.60. The summed E-state index contributed by atoms with van der Waals surface area (Å²) < 4.78 is 1.76. The SMILES string of the molecule is C/C(=N\Nc1ccc([N+](=O)[O-])cc1[N+](=O)[O-])c1cccc(Br)c1.C/C(=N\Nc1ccc([N+](=O)[O-])cc1[N+](=O)[O-])c1cccc(Br)c1. The molecule has 0 fully saturated rings. The van der Waals surface area contributed by atoms with E-state index in [9.17, 15) is 40.5 Å². The fraction of sp³-hybridized carbons (Fsp3) is 0.0714. The van der Waals surface area contributed by atoms with E-state index in [1.807, 2.05) is 48.5 Å². The van der Waals surface area contributed by atoms with Crippen molar-refractivity contribution >= 4 is 77.4 Å². The third kappa shape index (κ3) is 9.69. The van der Waals surface area contributed by atoms with Gasteiger partial charge < -0.3 is 0 Å². The molecule has 0 aromatic heterocycles. The topological polar surface area (TPSA) is 221 Å². The number of anilines is 2. The molecule has 0 heterocycles. The standard InChI is InChI=1S/2C14H11BrN4O4/c2*1-9(10-3-2-4-11(15)7-10)16-17-13-6-5-12(18(20)21)8-14(13)19(22)23/h2*2-8,17H,1H3/b2*16-9+. The predicted octanol–water partition coefficient (Wildman–Crippen LogP) is 8.20. The van der Waals surface area contributed by atoms with Gasteiger partial charge in [-0.3, -0.25) is 51.3 Å². The largest absolute Gasteiger partial charge is 0.301 e. The number of hydrogen-bond donors (Lipinski definition) is 2. The van der Waals surface area contributed by atoms with Crippen LogP contribution in [0.3, 0.4) is 0 Å². The minimum atomic E-state index is -0.695. The first-order valence-corrected chi connectivity index (χ1v) is 14.3. The summed E-state index contributed by atoms with van der Waals surface area (Å²) in [5.41, 5.74) is 6.68. The highest BCUT2D eigenvalue weighted by Gasteiger charge is 2.20. The Bertz CT molecular complexity index is 1750. The molecule has 0 saturated heterocycles. The Balaban J connectivity index is 0.000000250. The lowest BCUT2D eigenvalue weighted by Gasteiger charge is -2.05. The van der Waals surface area contributed by atoms with E-state index in [0.29, 0.717) is 11.4 Å². The average Bonchev–Trinajstić information content (AvgIpc) is 3.02. The summed E-state index contributed by atoms with van der Waals surface area (Å²) in [6.07, 6.45) is 0. The smallest absolute Gasteiger partial charge is 0.271 e. The minimum Gasteiger partial charge on any atom is -0.271 e. The summed E-state index contributed by atoms with van der Waals surface area (Å²) >= 11 is 6.70. The third-order valence-corrected chi connectivity index (χ3v) is 6.94. The molecule has 4 aromatic carbocycles. The van der Waals surface area contributed by atoms with Crippen LogP contribution in [0.25, 0.3) is 0 Å². The molecule has 236 valence electrons. The second-order valence-corrected chi connectivity index (χ2v) is 10.9. The Morgan fingerprint density at radius 3 is 1.24 bits per heavy atom. The number of nitro benzene ring substituents is 4. The molecule has 0 aliphatic heterocycles. The zero-order valence-corrected chi connectivity index (χ0v) is 27.0. The van der Waals surface area contributed by atoms with Gasteiger partial charge in [0.1, 0.15) is 11.4 Å². The highest BCUT2D eigenvalue weighted by molar-refractivity contribution is 9.10. The van der Waals surface area contributed by atoms with E-state index in [0.717, 1.165) is 32.2 Å². The summed E-state index contributed by atoms with van der Waals surface area (Å²) in [6.45, 7) is 3.48. The molecule has 2 N–H and O–H groups in total. The maximum Gasteiger partial charge on any atom is 0.301 e. The van der Waals surface area contributed by atoms with E-state index in [1.54, 1.807) is 13.8 Å². The molecule has 0 bridgehead atoms. The van der Waals surface area contributed by atoms with Crippen LogP contribution in [0.5, 0.6) is 0 Å². The monoisotopic (exact) mass is 756 g/mol. The number of nitrogens with zero attached hydrogens (tertiary/aromatic N) is 6. The highest BCUT2D eigenvalue weighted by atomic mass is 79.9. The average molecular weight is 758 g/mol. The number of hydrogen-bond acceptors (Lipinski definition) is 12. The van der Waals surface area contributed by atoms with E-state index in [1.165, 1.54) is 24.3 Å². The molecule has 0 radical (unpaired) electrons. The first-order chi connectivity index (χ1) is 21.8. The third-order valence-electron chi connectivity index (χ3n) is 5.95. The maximum absolute atomic E-state index is 11.0. The van der Waals surface area contributed by atoms with Gasteiger partial charge in [0.05, 0.1) is 43.2 Å². The van der Waals surface area contributed by atoms with Gasteiger partial charge in [-0.25, -0.2) is 0 Å². The lowest BCUT2D eigenvalue weighted by Crippen LogP contribution is -2.02. The van der Waals surface area contributed by atoms with Crippen LogP contribution < -0.4 is 10.9 Å². The molecule has 16 nitrogen and oxygen atoms in total. The summed E-state index contributed by atoms with van der Waals surface area (Å²) in [6, 6.07) is 21.5. The molecule has 0 amide bonds. The Hall–Kier alpha value is -5.62. The van der Waals surface area contributed by atoms with E-state index < -0.39 is 31.1 Å². The van der Waals surface area contributed by atoms with Crippen LogP contribution in [0.15, 0.2) is 104 Å². The van der Waals surface area contributed by atoms with Crippen molar-refractivity contribution in [3.63, 3.8) is 0 Å². The van der Waals surface area contributed by atoms with Crippen molar-refractivity contribution in [3.05, 3.63) is 145 Å². The number of nitrogens with one attached hydrogen (secondary N) is 2. The van der Waals surface area contributed by atoms with Crippen LogP contribution in [0.2, 0.25) is 0 Å². The molecular weight excluding hydrogens is 736 g/mol. The molecule has 0 aliphatic carbocycles. The van der Waals surface area contributed by atoms with E-state index in [2.05, 4.69) is 52.9 Å². The number of halogens is 2. The summed E-state index contributed by atoms with van der Waals surface area (Å²) in [7, 11) is 0. The highest BCUT2D eigenvalue weighted by Crippen LogP contribution is 2.30. The Morgan fingerprint density at radius 1 is 0.565 bits per heavy atom. The summed E-state index contributed by atoms with van der Waals surface area (Å²) in [5.74, 6) is 0. The van der Waals surface area contributed by atoms with Crippen LogP contribution in [0.4, 0.5) is 34.1 Å². The first kappa shape index (κ1) is 34.9. The van der Waals surface area contributed by atoms with Crippen LogP contribution in [-0.2, 0) is 0 Å². The van der Waals surface area contributed by atoms with Crippen molar-refractivity contribution in [3.8, 4) is 0 Å². The number of nitro groups is 4. The van der Waals surface area contributed by atoms with Crippen molar-refractivity contribution in [2.75, 3.05) is 10.9 Å². The molecule has 0 atom stereocenters. The van der Waals surface area contributed by atoms with Gasteiger partial charge in [0, 0.05) is 21.1 Å². The van der Waals surface area contributed by atoms with Gasteiger partial charge in [0.2, 0.25) is 0 Å². The van der Waals surface area contributed by atoms with E-state index in [-0.39, 0.29) is 22.7 Å². The number of non-ortho nitro benzene ring substituents is 2. The second-order valence-electron chi connectivity index (χ2n) is 9.07. The van der Waals surface area contributed by atoms with Gasteiger partial charge in [-0.1, -0.05) is 56.1 Å². The molecule has 4 aromatic rings. The minimum absolute atomic E-state index is 0.0787. The van der Waals surface area contributed by atoms with Crippen molar-refractivity contribution in [1.29, 1.82) is 0 Å². The summed E-state index contributed by atoms with van der Waals surface area (Å²) in [5, 5.41) is 51.7. The van der Waals surface area contributed by atoms with Gasteiger partial charge in [0.15, 0.2) is 0 Å². The van der Waals surface area contributed by atoms with E-state index in [4.69, 9.17) is 0 Å². The Morgan fingerprint density at radius 2 is 0.935 bits per heavy atom. The molecule has 46 heavy (non-hydrogen) atoms. The molecular formula is C28H22Br2N8O8. The van der Waals surface area contributed by atoms with Crippen molar-refractivity contribution in [2.45, 2.75) is 13.8 Å². The van der Waals surface area contributed by atoms with Crippen molar-refractivity contribution < 1.29 is 19.7 Å². The number of rotatable bonds is 10. The number of hydrazone groups is 2. The van der Waals surface area contributed by atoms with Gasteiger partial charge in [-0.2, -0.15) is 10.2 Å². The van der Waals surface area contributed by atoms with Gasteiger partial charge >= 0.3 is 11.4 Å². The lowest BCUT2D eigenvalue weighted by atomic mass is 10.1. The zero-order valence-electron chi connectivity index (χ0n) is 23.8. The molecule has 0 unspecified atom stereocenters. The fourth-order valence-corrected chi connectivity index (χ4v) is 4.40. The van der Waals surface area contributed by atoms with Gasteiger partial charge in [0.25, 0.3) is 11.4 Å². The normalized spacial score (nSPS) is 11.1. The Labute approximate surface area is 276 Å². The van der Waals surface area contributed by atoms with Crippen LogP contribution >= 0.6 is 31.9 Å². The first-order valence-electron chi connectivity index (χ1n) is 12.7. The maximum atomic E-state index is 11.0. The van der Waals surface area contributed by atoms with Crippen LogP contribution in [0.1, 0.15) is 25.0 Å². The zero-order chi connectivity index (χ0) is 34.0. The van der Waals surface area contributed by atoms with Crippen molar-refractivity contribution in [2.24, 2.45) is 10.2 Å². The lowest BCUT2D eigenvalue weighted by molar-refractivity contribution is -0.393. The van der Waals surface area contributed by atoms with Crippen LogP contribution in [-0.4, -0.2) is 31.1 Å². The van der Waals surface area contributed by atoms with Gasteiger partial charge in [-0.15, -0.1) is 0 Å². The van der Waals surface area contributed by atoms with Gasteiger partial charge in [-0.05, 0) is 61.4 Å². The molecule has 0 saturated carbocycles.